The number of hydrogen-bond acceptors (Lipinski definition) is 5. The molecule has 0 aliphatic rings. The molecule has 0 N–H and O–H groups in total. The number of aromatic nitrogens is 2. The first-order chi connectivity index (χ1) is 15.8. The highest BCUT2D eigenvalue weighted by Gasteiger charge is 2.16. The van der Waals surface area contributed by atoms with Crippen molar-refractivity contribution < 1.29 is 18.4 Å². The summed E-state index contributed by atoms with van der Waals surface area (Å²) in [5.74, 6) is 2.42. The Labute approximate surface area is 202 Å². The van der Waals surface area contributed by atoms with Gasteiger partial charge in [-0.05, 0) is 89.8 Å². The maximum absolute atomic E-state index is 13.8. The third kappa shape index (κ3) is 6.32. The summed E-state index contributed by atoms with van der Waals surface area (Å²) in [5.41, 5.74) is 2.41. The van der Waals surface area contributed by atoms with Crippen molar-refractivity contribution in [3.8, 4) is 17.1 Å². The summed E-state index contributed by atoms with van der Waals surface area (Å²) < 4.78 is 31.7. The van der Waals surface area contributed by atoms with E-state index < -0.39 is 0 Å². The Bertz CT molecular complexity index is 1140. The van der Waals surface area contributed by atoms with Crippen LogP contribution in [0.15, 0.2) is 69.6 Å². The van der Waals surface area contributed by atoms with Crippen LogP contribution in [0.3, 0.4) is 0 Å². The SMILES string of the molecule is CC=C(O/C=C(\C)c1ccc(Br)c(F)c1)C(CC)Oc1ccc(-c2noc(C(C)C)n2)cc1. The van der Waals surface area contributed by atoms with Crippen molar-refractivity contribution >= 4 is 21.5 Å². The van der Waals surface area contributed by atoms with Crippen molar-refractivity contribution in [2.24, 2.45) is 0 Å². The Morgan fingerprint density at radius 1 is 1.18 bits per heavy atom. The largest absolute Gasteiger partial charge is 0.483 e. The zero-order valence-corrected chi connectivity index (χ0v) is 21.0. The van der Waals surface area contributed by atoms with Crippen LogP contribution in [-0.2, 0) is 4.74 Å². The quantitative estimate of drug-likeness (QED) is 0.271. The molecular formula is C26H28BrFN2O3. The number of benzene rings is 2. The third-order valence-electron chi connectivity index (χ3n) is 5.05. The first-order valence-electron chi connectivity index (χ1n) is 10.9. The summed E-state index contributed by atoms with van der Waals surface area (Å²) in [5, 5.41) is 4.04. The van der Waals surface area contributed by atoms with Gasteiger partial charge in [-0.3, -0.25) is 0 Å². The second kappa shape index (κ2) is 11.3. The van der Waals surface area contributed by atoms with Crippen LogP contribution >= 0.6 is 15.9 Å². The molecule has 0 radical (unpaired) electrons. The minimum Gasteiger partial charge on any atom is -0.483 e. The van der Waals surface area contributed by atoms with E-state index in [1.165, 1.54) is 6.07 Å². The molecule has 0 amide bonds. The van der Waals surface area contributed by atoms with Gasteiger partial charge in [-0.2, -0.15) is 4.98 Å². The predicted molar refractivity (Wildman–Crippen MR) is 131 cm³/mol. The first-order valence-corrected chi connectivity index (χ1v) is 11.7. The van der Waals surface area contributed by atoms with Crippen LogP contribution in [0.5, 0.6) is 5.75 Å². The van der Waals surface area contributed by atoms with Crippen LogP contribution in [0.1, 0.15) is 58.4 Å². The molecule has 174 valence electrons. The monoisotopic (exact) mass is 514 g/mol. The third-order valence-corrected chi connectivity index (χ3v) is 5.69. The lowest BCUT2D eigenvalue weighted by Crippen LogP contribution is -2.19. The lowest BCUT2D eigenvalue weighted by Gasteiger charge is -2.20. The van der Waals surface area contributed by atoms with Crippen molar-refractivity contribution in [2.75, 3.05) is 0 Å². The summed E-state index contributed by atoms with van der Waals surface area (Å²) in [6.45, 7) is 9.82. The van der Waals surface area contributed by atoms with Crippen LogP contribution in [0.25, 0.3) is 17.0 Å². The molecule has 5 nitrogen and oxygen atoms in total. The van der Waals surface area contributed by atoms with Gasteiger partial charge in [-0.25, -0.2) is 4.39 Å². The number of nitrogens with zero attached hydrogens (tertiary/aromatic N) is 2. The molecule has 0 fully saturated rings. The van der Waals surface area contributed by atoms with Gasteiger partial charge in [0, 0.05) is 11.5 Å². The highest BCUT2D eigenvalue weighted by atomic mass is 79.9. The van der Waals surface area contributed by atoms with E-state index in [9.17, 15) is 4.39 Å². The zero-order chi connectivity index (χ0) is 24.0. The smallest absolute Gasteiger partial charge is 0.229 e. The summed E-state index contributed by atoms with van der Waals surface area (Å²) in [6.07, 6.45) is 3.94. The van der Waals surface area contributed by atoms with E-state index >= 15 is 0 Å². The summed E-state index contributed by atoms with van der Waals surface area (Å²) >= 11 is 3.17. The van der Waals surface area contributed by atoms with E-state index in [0.29, 0.717) is 34.1 Å². The van der Waals surface area contributed by atoms with Crippen LogP contribution in [-0.4, -0.2) is 16.2 Å². The Hall–Kier alpha value is -2.93. The minimum atomic E-state index is -0.314. The molecule has 3 aromatic rings. The number of hydrogen-bond donors (Lipinski definition) is 0. The molecule has 0 bridgehead atoms. The molecule has 0 saturated heterocycles. The van der Waals surface area contributed by atoms with E-state index in [1.54, 1.807) is 12.3 Å². The molecule has 7 heteroatoms. The minimum absolute atomic E-state index is 0.180. The van der Waals surface area contributed by atoms with Crippen molar-refractivity contribution in [2.45, 2.75) is 53.1 Å². The van der Waals surface area contributed by atoms with Gasteiger partial charge in [0.15, 0.2) is 6.10 Å². The average Bonchev–Trinajstić information content (AvgIpc) is 3.31. The number of rotatable bonds is 9. The van der Waals surface area contributed by atoms with Gasteiger partial charge < -0.3 is 14.0 Å². The van der Waals surface area contributed by atoms with E-state index in [2.05, 4.69) is 26.1 Å². The second-order valence-electron chi connectivity index (χ2n) is 7.89. The standard InChI is InChI=1S/C26H28BrFN2O3/c1-6-23(31-15-17(5)19-10-13-21(27)22(28)14-19)24(7-2)32-20-11-8-18(9-12-20)25-29-26(16(3)4)33-30-25/h6,8-16,24H,7H2,1-5H3/b17-15+,23-6?. The lowest BCUT2D eigenvalue weighted by molar-refractivity contribution is 0.161. The first kappa shape index (κ1) is 24.7. The molecular weight excluding hydrogens is 487 g/mol. The molecule has 0 aliphatic heterocycles. The normalized spacial score (nSPS) is 13.3. The fourth-order valence-electron chi connectivity index (χ4n) is 3.07. The van der Waals surface area contributed by atoms with Gasteiger partial charge in [0.05, 0.1) is 10.7 Å². The van der Waals surface area contributed by atoms with E-state index in [4.69, 9.17) is 14.0 Å². The summed E-state index contributed by atoms with van der Waals surface area (Å²) in [4.78, 5) is 4.42. The van der Waals surface area contributed by atoms with Crippen molar-refractivity contribution in [3.63, 3.8) is 0 Å². The Balaban J connectivity index is 1.68. The van der Waals surface area contributed by atoms with Crippen LogP contribution in [0, 0.1) is 5.82 Å². The van der Waals surface area contributed by atoms with Gasteiger partial charge in [-0.1, -0.05) is 32.0 Å². The summed E-state index contributed by atoms with van der Waals surface area (Å²) in [7, 11) is 0. The van der Waals surface area contributed by atoms with Crippen molar-refractivity contribution in [3.05, 3.63) is 82.3 Å². The second-order valence-corrected chi connectivity index (χ2v) is 8.74. The molecule has 0 aliphatic carbocycles. The van der Waals surface area contributed by atoms with E-state index in [0.717, 1.165) is 16.7 Å². The fraction of sp³-hybridized carbons (Fsp3) is 0.308. The molecule has 2 aromatic carbocycles. The molecule has 1 atom stereocenters. The Morgan fingerprint density at radius 2 is 1.91 bits per heavy atom. The number of allylic oxidation sites excluding steroid dienone is 2. The topological polar surface area (TPSA) is 57.4 Å². The molecule has 1 aromatic heterocycles. The van der Waals surface area contributed by atoms with Gasteiger partial charge in [0.1, 0.15) is 17.3 Å². The molecule has 0 saturated carbocycles. The highest BCUT2D eigenvalue weighted by Crippen LogP contribution is 2.26. The Morgan fingerprint density at radius 3 is 2.48 bits per heavy atom. The molecule has 33 heavy (non-hydrogen) atoms. The predicted octanol–water partition coefficient (Wildman–Crippen LogP) is 7.90. The van der Waals surface area contributed by atoms with Gasteiger partial charge in [-0.15, -0.1) is 0 Å². The van der Waals surface area contributed by atoms with Crippen molar-refractivity contribution in [1.82, 2.24) is 10.1 Å². The number of halogens is 2. The lowest BCUT2D eigenvalue weighted by atomic mass is 10.1. The van der Waals surface area contributed by atoms with Gasteiger partial charge in [0.2, 0.25) is 11.7 Å². The molecule has 1 heterocycles. The van der Waals surface area contributed by atoms with Gasteiger partial charge >= 0.3 is 0 Å². The number of ether oxygens (including phenoxy) is 2. The van der Waals surface area contributed by atoms with E-state index in [1.807, 2.05) is 71.0 Å². The average molecular weight is 515 g/mol. The molecule has 3 rings (SSSR count). The maximum Gasteiger partial charge on any atom is 0.229 e. The summed E-state index contributed by atoms with van der Waals surface area (Å²) in [6, 6.07) is 12.5. The van der Waals surface area contributed by atoms with Gasteiger partial charge in [0.25, 0.3) is 0 Å². The fourth-order valence-corrected chi connectivity index (χ4v) is 3.32. The highest BCUT2D eigenvalue weighted by molar-refractivity contribution is 9.10. The molecule has 0 spiro atoms. The zero-order valence-electron chi connectivity index (χ0n) is 19.4. The Kier molecular flexibility index (Phi) is 8.44. The van der Waals surface area contributed by atoms with Crippen molar-refractivity contribution in [1.29, 1.82) is 0 Å². The van der Waals surface area contributed by atoms with Crippen LogP contribution in [0.2, 0.25) is 0 Å². The van der Waals surface area contributed by atoms with Crippen LogP contribution < -0.4 is 4.74 Å². The van der Waals surface area contributed by atoms with E-state index in [-0.39, 0.29) is 17.8 Å². The molecule has 1 unspecified atom stereocenters. The maximum atomic E-state index is 13.8. The van der Waals surface area contributed by atoms with Crippen LogP contribution in [0.4, 0.5) is 4.39 Å².